The molecule has 0 aliphatic heterocycles. The maximum absolute atomic E-state index is 12.1. The number of alkyl halides is 2. The molecule has 0 heterocycles. The summed E-state index contributed by atoms with van der Waals surface area (Å²) in [6.07, 6.45) is -0.202. The van der Waals surface area contributed by atoms with Crippen molar-refractivity contribution in [1.29, 1.82) is 0 Å². The van der Waals surface area contributed by atoms with Gasteiger partial charge in [0.1, 0.15) is 5.75 Å². The minimum Gasteiger partial charge on any atom is -0.465 e. The normalized spacial score (nSPS) is 10.3. The number of benzene rings is 2. The third kappa shape index (κ3) is 7.35. The minimum absolute atomic E-state index is 0.00182. The molecule has 0 radical (unpaired) electrons. The molecule has 0 aromatic heterocycles. The second-order valence-corrected chi connectivity index (χ2v) is 6.19. The fourth-order valence-electron chi connectivity index (χ4n) is 2.52. The van der Waals surface area contributed by atoms with Gasteiger partial charge >= 0.3 is 24.5 Å². The summed E-state index contributed by atoms with van der Waals surface area (Å²) in [4.78, 5) is 47.6. The Balaban J connectivity index is 1.95. The Labute approximate surface area is 181 Å². The lowest BCUT2D eigenvalue weighted by Crippen LogP contribution is -2.22. The van der Waals surface area contributed by atoms with Gasteiger partial charge in [0, 0.05) is 5.69 Å². The molecule has 1 amide bonds. The van der Waals surface area contributed by atoms with Gasteiger partial charge in [-0.05, 0) is 35.9 Å². The number of carbonyl (C=O) groups is 4. The van der Waals surface area contributed by atoms with Gasteiger partial charge in [0.05, 0.1) is 31.8 Å². The summed E-state index contributed by atoms with van der Waals surface area (Å²) in [5, 5.41) is 2.41. The van der Waals surface area contributed by atoms with E-state index < -0.39 is 37.0 Å². The van der Waals surface area contributed by atoms with E-state index in [9.17, 15) is 28.0 Å². The van der Waals surface area contributed by atoms with Gasteiger partial charge < -0.3 is 24.3 Å². The average Bonchev–Trinajstić information content (AvgIpc) is 2.77. The highest BCUT2D eigenvalue weighted by Crippen LogP contribution is 2.18. The summed E-state index contributed by atoms with van der Waals surface area (Å²) < 4.78 is 42.6. The second-order valence-electron chi connectivity index (χ2n) is 6.19. The number of esters is 3. The average molecular weight is 451 g/mol. The van der Waals surface area contributed by atoms with E-state index in [0.29, 0.717) is 5.56 Å². The van der Waals surface area contributed by atoms with E-state index in [2.05, 4.69) is 19.5 Å². The van der Waals surface area contributed by atoms with E-state index in [-0.39, 0.29) is 29.0 Å². The molecule has 2 aromatic carbocycles. The Morgan fingerprint density at radius 3 is 1.97 bits per heavy atom. The van der Waals surface area contributed by atoms with Crippen molar-refractivity contribution in [3.63, 3.8) is 0 Å². The lowest BCUT2D eigenvalue weighted by molar-refractivity contribution is -0.146. The van der Waals surface area contributed by atoms with Crippen LogP contribution in [0.4, 0.5) is 14.5 Å². The number of hydrogen-bond acceptors (Lipinski definition) is 8. The highest BCUT2D eigenvalue weighted by molar-refractivity contribution is 6.00. The van der Waals surface area contributed by atoms with Gasteiger partial charge in [-0.15, -0.1) is 0 Å². The third-order valence-corrected chi connectivity index (χ3v) is 3.92. The molecule has 2 rings (SSSR count). The number of nitrogens with one attached hydrogen (secondary N) is 1. The Morgan fingerprint density at radius 1 is 0.906 bits per heavy atom. The van der Waals surface area contributed by atoms with Gasteiger partial charge in [-0.3, -0.25) is 9.59 Å². The summed E-state index contributed by atoms with van der Waals surface area (Å²) in [6.45, 7) is -3.59. The zero-order chi connectivity index (χ0) is 23.7. The Kier molecular flexibility index (Phi) is 8.63. The predicted molar refractivity (Wildman–Crippen MR) is 105 cm³/mol. The van der Waals surface area contributed by atoms with Crippen LogP contribution in [0.25, 0.3) is 0 Å². The summed E-state index contributed by atoms with van der Waals surface area (Å²) in [5.41, 5.74) is 0.554. The van der Waals surface area contributed by atoms with Gasteiger partial charge in [0.15, 0.2) is 6.61 Å². The van der Waals surface area contributed by atoms with E-state index >= 15 is 0 Å². The Bertz CT molecular complexity index is 958. The lowest BCUT2D eigenvalue weighted by Gasteiger charge is -2.10. The lowest BCUT2D eigenvalue weighted by atomic mass is 10.1. The molecule has 9 nitrogen and oxygen atoms in total. The first kappa shape index (κ1) is 24.3. The quantitative estimate of drug-likeness (QED) is 0.457. The minimum atomic E-state index is -2.96. The number of rotatable bonds is 9. The third-order valence-electron chi connectivity index (χ3n) is 3.92. The van der Waals surface area contributed by atoms with Gasteiger partial charge in [0.2, 0.25) is 0 Å². The molecule has 0 fully saturated rings. The highest BCUT2D eigenvalue weighted by atomic mass is 19.3. The van der Waals surface area contributed by atoms with Crippen molar-refractivity contribution in [3.8, 4) is 5.75 Å². The molecule has 170 valence electrons. The fraction of sp³-hybridized carbons (Fsp3) is 0.238. The number of amides is 1. The van der Waals surface area contributed by atoms with Crippen LogP contribution in [0.15, 0.2) is 42.5 Å². The zero-order valence-electron chi connectivity index (χ0n) is 17.1. The Hall–Kier alpha value is -4.02. The molecular weight excluding hydrogens is 432 g/mol. The van der Waals surface area contributed by atoms with Crippen LogP contribution in [-0.4, -0.2) is 51.3 Å². The summed E-state index contributed by atoms with van der Waals surface area (Å²) in [7, 11) is 2.31. The summed E-state index contributed by atoms with van der Waals surface area (Å²) in [5.74, 6) is -2.99. The van der Waals surface area contributed by atoms with Crippen LogP contribution >= 0.6 is 0 Å². The van der Waals surface area contributed by atoms with Crippen LogP contribution in [0.3, 0.4) is 0 Å². The second kappa shape index (κ2) is 11.4. The highest BCUT2D eigenvalue weighted by Gasteiger charge is 2.16. The SMILES string of the molecule is COC(=O)c1cc(NC(=O)COC(=O)Cc2ccc(OC(F)F)cc2)cc(C(=O)OC)c1. The topological polar surface area (TPSA) is 117 Å². The van der Waals surface area contributed by atoms with Crippen LogP contribution < -0.4 is 10.1 Å². The smallest absolute Gasteiger partial charge is 0.387 e. The number of methoxy groups -OCH3 is 2. The molecule has 0 aliphatic rings. The van der Waals surface area contributed by atoms with E-state index in [0.717, 1.165) is 14.2 Å². The molecule has 0 unspecified atom stereocenters. The predicted octanol–water partition coefficient (Wildman–Crippen LogP) is 2.59. The maximum Gasteiger partial charge on any atom is 0.387 e. The first-order valence-corrected chi connectivity index (χ1v) is 9.02. The van der Waals surface area contributed by atoms with Crippen molar-refractivity contribution in [2.75, 3.05) is 26.1 Å². The molecule has 0 atom stereocenters. The number of anilines is 1. The number of ether oxygens (including phenoxy) is 4. The molecule has 11 heteroatoms. The summed E-state index contributed by atoms with van der Waals surface area (Å²) >= 11 is 0. The first-order valence-electron chi connectivity index (χ1n) is 9.02. The molecule has 2 aromatic rings. The van der Waals surface area contributed by atoms with E-state index in [1.807, 2.05) is 0 Å². The van der Waals surface area contributed by atoms with Crippen molar-refractivity contribution < 1.29 is 46.9 Å². The van der Waals surface area contributed by atoms with Crippen LogP contribution in [0.1, 0.15) is 26.3 Å². The molecule has 0 bridgehead atoms. The molecular formula is C21H19F2NO8. The zero-order valence-corrected chi connectivity index (χ0v) is 17.1. The van der Waals surface area contributed by atoms with Crippen molar-refractivity contribution >= 4 is 29.5 Å². The van der Waals surface area contributed by atoms with E-state index in [4.69, 9.17) is 4.74 Å². The van der Waals surface area contributed by atoms with Gasteiger partial charge in [0.25, 0.3) is 5.91 Å². The molecule has 0 saturated heterocycles. The number of carbonyl (C=O) groups excluding carboxylic acids is 4. The van der Waals surface area contributed by atoms with Crippen LogP contribution in [-0.2, 0) is 30.2 Å². The Morgan fingerprint density at radius 2 is 1.47 bits per heavy atom. The standard InChI is InChI=1S/C21H19F2NO8/c1-29-19(27)13-8-14(20(28)30-2)10-15(9-13)24-17(25)11-31-18(26)7-12-3-5-16(6-4-12)32-21(22)23/h3-6,8-10,21H,7,11H2,1-2H3,(H,24,25). The molecule has 32 heavy (non-hydrogen) atoms. The number of halogens is 2. The van der Waals surface area contributed by atoms with Crippen molar-refractivity contribution in [1.82, 2.24) is 0 Å². The largest absolute Gasteiger partial charge is 0.465 e. The van der Waals surface area contributed by atoms with Gasteiger partial charge in [-0.2, -0.15) is 8.78 Å². The van der Waals surface area contributed by atoms with Crippen LogP contribution in [0.2, 0.25) is 0 Å². The van der Waals surface area contributed by atoms with Crippen molar-refractivity contribution in [2.24, 2.45) is 0 Å². The van der Waals surface area contributed by atoms with Crippen molar-refractivity contribution in [2.45, 2.75) is 13.0 Å². The monoisotopic (exact) mass is 451 g/mol. The number of hydrogen-bond donors (Lipinski definition) is 1. The van der Waals surface area contributed by atoms with Gasteiger partial charge in [-0.1, -0.05) is 12.1 Å². The fourth-order valence-corrected chi connectivity index (χ4v) is 2.52. The summed E-state index contributed by atoms with van der Waals surface area (Å²) in [6, 6.07) is 9.16. The van der Waals surface area contributed by atoms with Crippen molar-refractivity contribution in [3.05, 3.63) is 59.2 Å². The van der Waals surface area contributed by atoms with Crippen LogP contribution in [0.5, 0.6) is 5.75 Å². The van der Waals surface area contributed by atoms with Crippen LogP contribution in [0, 0.1) is 0 Å². The van der Waals surface area contributed by atoms with E-state index in [1.54, 1.807) is 0 Å². The maximum atomic E-state index is 12.1. The molecule has 0 saturated carbocycles. The molecule has 0 spiro atoms. The molecule has 0 aliphatic carbocycles. The van der Waals surface area contributed by atoms with E-state index in [1.165, 1.54) is 42.5 Å². The molecule has 1 N–H and O–H groups in total. The van der Waals surface area contributed by atoms with Gasteiger partial charge in [-0.25, -0.2) is 9.59 Å². The first-order chi connectivity index (χ1) is 15.2.